The minimum atomic E-state index is -1.60. The molecule has 76 valence electrons. The van der Waals surface area contributed by atoms with Crippen LogP contribution in [-0.4, -0.2) is 31.1 Å². The van der Waals surface area contributed by atoms with Crippen molar-refractivity contribution in [3.8, 4) is 0 Å². The molecule has 0 fully saturated rings. The molecule has 0 bridgehead atoms. The van der Waals surface area contributed by atoms with Gasteiger partial charge in [0.05, 0.1) is 0 Å². The summed E-state index contributed by atoms with van der Waals surface area (Å²) in [4.78, 5) is 18.5. The average Bonchev–Trinajstić information content (AvgIpc) is 2.04. The minimum Gasteiger partial charge on any atom is -0.855 e. The Balaban J connectivity index is -0.000000150. The Bertz CT molecular complexity index is 154. The van der Waals surface area contributed by atoms with Gasteiger partial charge in [-0.3, -0.25) is 0 Å². The van der Waals surface area contributed by atoms with Crippen LogP contribution in [0.15, 0.2) is 0 Å². The Hall–Kier alpha value is -0.661. The predicted molar refractivity (Wildman–Crippen MR) is 32.2 cm³/mol. The summed E-state index contributed by atoms with van der Waals surface area (Å²) >= 11 is 0. The van der Waals surface area contributed by atoms with E-state index in [4.69, 9.17) is 21.4 Å². The van der Waals surface area contributed by atoms with Gasteiger partial charge in [-0.1, -0.05) is 0 Å². The van der Waals surface area contributed by atoms with Crippen LogP contribution >= 0.6 is 0 Å². The van der Waals surface area contributed by atoms with Gasteiger partial charge in [-0.05, 0) is 0 Å². The van der Waals surface area contributed by atoms with Crippen molar-refractivity contribution in [2.24, 2.45) is 0 Å². The normalized spacial score (nSPS) is 10.1. The van der Waals surface area contributed by atoms with E-state index in [1.807, 2.05) is 0 Å². The Morgan fingerprint density at radius 1 is 1.31 bits per heavy atom. The van der Waals surface area contributed by atoms with E-state index >= 15 is 0 Å². The van der Waals surface area contributed by atoms with Crippen molar-refractivity contribution in [2.45, 2.75) is 6.04 Å². The van der Waals surface area contributed by atoms with Gasteiger partial charge in [-0.15, -0.1) is 12.6 Å². The first-order chi connectivity index (χ1) is 5.45. The standard InChI is InChI=1S/C3H5NO3.C2H4NO2.Mn/c4-2(1-5)3(6)7;3-1-2(4)5;/h2,4H,1H2,(H,6,7);3H,1H2,(H,4,5);/q-2;-1;+3/p-2. The fourth-order valence-electron chi connectivity index (χ4n) is 0.0680. The van der Waals surface area contributed by atoms with Crippen LogP contribution in [0.2, 0.25) is 0 Å². The van der Waals surface area contributed by atoms with E-state index in [2.05, 4.69) is 0 Å². The van der Waals surface area contributed by atoms with E-state index in [0.717, 1.165) is 0 Å². The first kappa shape index (κ1) is 18.2. The zero-order chi connectivity index (χ0) is 10.1. The van der Waals surface area contributed by atoms with Crippen molar-refractivity contribution >= 4 is 11.9 Å². The van der Waals surface area contributed by atoms with E-state index in [1.165, 1.54) is 0 Å². The monoisotopic (exact) mass is 230 g/mol. The zero-order valence-electron chi connectivity index (χ0n) is 6.41. The van der Waals surface area contributed by atoms with Crippen molar-refractivity contribution in [1.82, 2.24) is 0 Å². The van der Waals surface area contributed by atoms with Crippen molar-refractivity contribution in [1.29, 1.82) is 0 Å². The summed E-state index contributed by atoms with van der Waals surface area (Å²) in [7, 11) is 0. The molecule has 0 spiro atoms. The van der Waals surface area contributed by atoms with Crippen LogP contribution < -0.4 is 15.3 Å². The molecule has 0 aromatic heterocycles. The second-order valence-electron chi connectivity index (χ2n) is 1.59. The number of rotatable bonds is 3. The van der Waals surface area contributed by atoms with Crippen molar-refractivity contribution in [3.05, 3.63) is 11.5 Å². The smallest absolute Gasteiger partial charge is 0.855 e. The maximum absolute atomic E-state index is 9.46. The molecule has 0 aliphatic rings. The molecule has 0 rings (SSSR count). The summed E-state index contributed by atoms with van der Waals surface area (Å²) in [6.45, 7) is -1.57. The van der Waals surface area contributed by atoms with Gasteiger partial charge in [-0.2, -0.15) is 6.61 Å². The van der Waals surface area contributed by atoms with Crippen LogP contribution in [0.5, 0.6) is 0 Å². The third kappa shape index (κ3) is 18.4. The SMILES string of the molecule is [Mn+3].[NH-]C(C[O-])C(=O)[O-].[NH-]CC(=O)[O-]. The number of hydrogen-bond acceptors (Lipinski definition) is 5. The molecule has 1 unspecified atom stereocenters. The number of carbonyl (C=O) groups is 2. The molecule has 2 N–H and O–H groups in total. The van der Waals surface area contributed by atoms with Crippen LogP contribution in [0.1, 0.15) is 0 Å². The molecule has 0 saturated carbocycles. The predicted octanol–water partition coefficient (Wildman–Crippen LogP) is -3.70. The van der Waals surface area contributed by atoms with Gasteiger partial charge in [0.15, 0.2) is 0 Å². The zero-order valence-corrected chi connectivity index (χ0v) is 7.59. The van der Waals surface area contributed by atoms with Crippen molar-refractivity contribution < 1.29 is 42.0 Å². The molecule has 0 aliphatic carbocycles. The summed E-state index contributed by atoms with van der Waals surface area (Å²) in [6, 6.07) is -1.60. The maximum Gasteiger partial charge on any atom is 3.00 e. The third-order valence-electron chi connectivity index (χ3n) is 0.596. The van der Waals surface area contributed by atoms with E-state index < -0.39 is 31.1 Å². The van der Waals surface area contributed by atoms with Crippen LogP contribution in [0, 0.1) is 0 Å². The minimum absolute atomic E-state index is 0. The fourth-order valence-corrected chi connectivity index (χ4v) is 0.0680. The molecule has 0 radical (unpaired) electrons. The summed E-state index contributed by atoms with van der Waals surface area (Å²) < 4.78 is 0. The van der Waals surface area contributed by atoms with Crippen molar-refractivity contribution in [3.63, 3.8) is 0 Å². The Labute approximate surface area is 85.2 Å². The van der Waals surface area contributed by atoms with Gasteiger partial charge >= 0.3 is 17.1 Å². The third-order valence-corrected chi connectivity index (χ3v) is 0.596. The summed E-state index contributed by atoms with van der Waals surface area (Å²) in [5, 5.41) is 28.0. The first-order valence-electron chi connectivity index (χ1n) is 2.80. The quantitative estimate of drug-likeness (QED) is 0.457. The Morgan fingerprint density at radius 3 is 1.62 bits per heavy atom. The molecular weight excluding hydrogens is 223 g/mol. The Kier molecular flexibility index (Phi) is 15.9. The van der Waals surface area contributed by atoms with Gasteiger partial charge < -0.3 is 36.4 Å². The van der Waals surface area contributed by atoms with E-state index in [-0.39, 0.29) is 17.1 Å². The van der Waals surface area contributed by atoms with Crippen LogP contribution in [-0.2, 0) is 26.7 Å². The second-order valence-corrected chi connectivity index (χ2v) is 1.59. The maximum atomic E-state index is 9.46. The second kappa shape index (κ2) is 11.3. The van der Waals surface area contributed by atoms with E-state index in [1.54, 1.807) is 0 Å². The number of hydrogen-bond donors (Lipinski definition) is 0. The fraction of sp³-hybridized carbons (Fsp3) is 0.600. The summed E-state index contributed by atoms with van der Waals surface area (Å²) in [5.41, 5.74) is 12.3. The molecular formula is C5H7MnN2O5-2. The van der Waals surface area contributed by atoms with Gasteiger partial charge in [0, 0.05) is 11.9 Å². The molecule has 0 amide bonds. The molecule has 0 aliphatic heterocycles. The van der Waals surface area contributed by atoms with E-state index in [9.17, 15) is 15.0 Å². The van der Waals surface area contributed by atoms with Gasteiger partial charge in [0.25, 0.3) is 0 Å². The molecule has 1 atom stereocenters. The molecule has 0 aromatic carbocycles. The largest absolute Gasteiger partial charge is 3.00 e. The molecule has 0 heterocycles. The first-order valence-corrected chi connectivity index (χ1v) is 2.80. The molecule has 8 heteroatoms. The number of carboxylic acids is 2. The van der Waals surface area contributed by atoms with Crippen molar-refractivity contribution in [2.75, 3.05) is 13.2 Å². The molecule has 0 saturated heterocycles. The number of nitrogens with one attached hydrogen (secondary N) is 2. The molecule has 7 nitrogen and oxygen atoms in total. The molecule has 13 heavy (non-hydrogen) atoms. The van der Waals surface area contributed by atoms with Crippen LogP contribution in [0.3, 0.4) is 0 Å². The van der Waals surface area contributed by atoms with Crippen LogP contribution in [0.4, 0.5) is 0 Å². The summed E-state index contributed by atoms with van der Waals surface area (Å²) in [6.07, 6.45) is 0. The average molecular weight is 230 g/mol. The number of carbonyl (C=O) groups excluding carboxylic acids is 2. The number of aliphatic carboxylic acids is 2. The van der Waals surface area contributed by atoms with Gasteiger partial charge in [-0.25, -0.2) is 0 Å². The topological polar surface area (TPSA) is 151 Å². The van der Waals surface area contributed by atoms with Gasteiger partial charge in [0.1, 0.15) is 0 Å². The van der Waals surface area contributed by atoms with E-state index in [0.29, 0.717) is 0 Å². The molecule has 0 aromatic rings. The summed E-state index contributed by atoms with van der Waals surface area (Å²) in [5.74, 6) is -2.93. The Morgan fingerprint density at radius 2 is 1.62 bits per heavy atom. The number of carboxylic acid groups (broad SMARTS) is 2. The van der Waals surface area contributed by atoms with Crippen LogP contribution in [0.25, 0.3) is 11.5 Å². The van der Waals surface area contributed by atoms with Gasteiger partial charge in [0.2, 0.25) is 0 Å².